The summed E-state index contributed by atoms with van der Waals surface area (Å²) in [6, 6.07) is 5.90. The molecule has 0 saturated carbocycles. The fourth-order valence-corrected chi connectivity index (χ4v) is 2.26. The molecule has 84 valence electrons. The van der Waals surface area contributed by atoms with Crippen molar-refractivity contribution in [2.24, 2.45) is 0 Å². The Morgan fingerprint density at radius 1 is 1.50 bits per heavy atom. The largest absolute Gasteiger partial charge is 0.368 e. The van der Waals surface area contributed by atoms with E-state index in [1.165, 1.54) is 4.88 Å². The van der Waals surface area contributed by atoms with Crippen molar-refractivity contribution in [1.29, 1.82) is 0 Å². The lowest BCUT2D eigenvalue weighted by molar-refractivity contribution is 0.894. The van der Waals surface area contributed by atoms with E-state index in [1.54, 1.807) is 17.4 Å². The molecule has 2 rings (SSSR count). The van der Waals surface area contributed by atoms with Crippen LogP contribution in [0.4, 0.5) is 11.8 Å². The van der Waals surface area contributed by atoms with Crippen molar-refractivity contribution < 1.29 is 0 Å². The van der Waals surface area contributed by atoms with Crippen LogP contribution in [-0.2, 0) is 0 Å². The van der Waals surface area contributed by atoms with Gasteiger partial charge in [0.25, 0.3) is 0 Å². The molecule has 0 aliphatic rings. The van der Waals surface area contributed by atoms with E-state index in [9.17, 15) is 0 Å². The molecule has 2 aromatic heterocycles. The van der Waals surface area contributed by atoms with Gasteiger partial charge in [-0.3, -0.25) is 0 Å². The van der Waals surface area contributed by atoms with Crippen molar-refractivity contribution in [3.8, 4) is 0 Å². The van der Waals surface area contributed by atoms with Crippen molar-refractivity contribution >= 4 is 34.7 Å². The van der Waals surface area contributed by atoms with Crippen molar-refractivity contribution in [1.82, 2.24) is 9.97 Å². The second-order valence-electron chi connectivity index (χ2n) is 3.32. The van der Waals surface area contributed by atoms with Gasteiger partial charge in [-0.1, -0.05) is 17.7 Å². The molecule has 0 aliphatic carbocycles. The molecule has 0 amide bonds. The summed E-state index contributed by atoms with van der Waals surface area (Å²) in [6.45, 7) is 2.05. The normalized spacial score (nSPS) is 12.4. The lowest BCUT2D eigenvalue weighted by Crippen LogP contribution is -2.08. The topological polar surface area (TPSA) is 63.8 Å². The zero-order valence-corrected chi connectivity index (χ0v) is 10.2. The number of nitrogens with zero attached hydrogens (tertiary/aromatic N) is 2. The van der Waals surface area contributed by atoms with E-state index in [2.05, 4.69) is 28.3 Å². The molecule has 4 nitrogen and oxygen atoms in total. The van der Waals surface area contributed by atoms with Crippen LogP contribution in [0.3, 0.4) is 0 Å². The first kappa shape index (κ1) is 11.2. The second-order valence-corrected chi connectivity index (χ2v) is 4.68. The Balaban J connectivity index is 2.15. The number of hydrogen-bond acceptors (Lipinski definition) is 5. The third-order valence-corrected chi connectivity index (χ3v) is 3.30. The third-order valence-electron chi connectivity index (χ3n) is 2.05. The Bertz CT molecular complexity index is 451. The Hall–Kier alpha value is -1.33. The number of thiophene rings is 1. The highest BCUT2D eigenvalue weighted by atomic mass is 35.5. The van der Waals surface area contributed by atoms with Gasteiger partial charge < -0.3 is 11.1 Å². The van der Waals surface area contributed by atoms with Gasteiger partial charge in [0.2, 0.25) is 5.95 Å². The molecule has 0 aliphatic heterocycles. The SMILES string of the molecule is CC(Nc1cc(Cl)nc(N)n1)c1cccs1. The summed E-state index contributed by atoms with van der Waals surface area (Å²) in [7, 11) is 0. The molecule has 2 aromatic rings. The molecule has 3 N–H and O–H groups in total. The van der Waals surface area contributed by atoms with E-state index in [0.29, 0.717) is 11.0 Å². The van der Waals surface area contributed by atoms with E-state index in [4.69, 9.17) is 17.3 Å². The number of nitrogen functional groups attached to an aromatic ring is 1. The number of rotatable bonds is 3. The molecule has 0 aromatic carbocycles. The maximum atomic E-state index is 5.79. The highest BCUT2D eigenvalue weighted by molar-refractivity contribution is 7.10. The van der Waals surface area contributed by atoms with Gasteiger partial charge in [0.1, 0.15) is 11.0 Å². The summed E-state index contributed by atoms with van der Waals surface area (Å²) in [6.07, 6.45) is 0. The van der Waals surface area contributed by atoms with E-state index in [-0.39, 0.29) is 12.0 Å². The van der Waals surface area contributed by atoms with Crippen LogP contribution >= 0.6 is 22.9 Å². The standard InChI is InChI=1S/C10H11ClN4S/c1-6(7-3-2-4-16-7)13-9-5-8(11)14-10(12)15-9/h2-6H,1H3,(H3,12,13,14,15). The van der Waals surface area contributed by atoms with Gasteiger partial charge in [-0.2, -0.15) is 4.98 Å². The van der Waals surface area contributed by atoms with Crippen LogP contribution in [0.2, 0.25) is 5.15 Å². The Labute approximate surface area is 102 Å². The Morgan fingerprint density at radius 3 is 2.94 bits per heavy atom. The van der Waals surface area contributed by atoms with Gasteiger partial charge in [0.05, 0.1) is 6.04 Å². The lowest BCUT2D eigenvalue weighted by Gasteiger charge is -2.12. The first-order valence-corrected chi connectivity index (χ1v) is 6.01. The first-order valence-electron chi connectivity index (χ1n) is 4.75. The molecule has 0 radical (unpaired) electrons. The van der Waals surface area contributed by atoms with E-state index >= 15 is 0 Å². The fraction of sp³-hybridized carbons (Fsp3) is 0.200. The highest BCUT2D eigenvalue weighted by Crippen LogP contribution is 2.23. The molecule has 0 saturated heterocycles. The van der Waals surface area contributed by atoms with Gasteiger partial charge in [0, 0.05) is 10.9 Å². The van der Waals surface area contributed by atoms with Crippen LogP contribution in [0.15, 0.2) is 23.6 Å². The molecule has 16 heavy (non-hydrogen) atoms. The zero-order chi connectivity index (χ0) is 11.5. The summed E-state index contributed by atoms with van der Waals surface area (Å²) >= 11 is 7.48. The molecular weight excluding hydrogens is 244 g/mol. The molecule has 0 fully saturated rings. The number of nitrogens with one attached hydrogen (secondary N) is 1. The molecule has 0 bridgehead atoms. The van der Waals surface area contributed by atoms with Gasteiger partial charge in [-0.25, -0.2) is 4.98 Å². The summed E-state index contributed by atoms with van der Waals surface area (Å²) in [5.74, 6) is 0.812. The van der Waals surface area contributed by atoms with Crippen LogP contribution in [0, 0.1) is 0 Å². The van der Waals surface area contributed by atoms with Crippen molar-refractivity contribution in [2.75, 3.05) is 11.1 Å². The predicted octanol–water partition coefficient (Wildman–Crippen LogP) is 2.95. The average Bonchev–Trinajstić information content (AvgIpc) is 2.68. The highest BCUT2D eigenvalue weighted by Gasteiger charge is 2.08. The lowest BCUT2D eigenvalue weighted by atomic mass is 10.3. The molecule has 0 spiro atoms. The third kappa shape index (κ3) is 2.62. The summed E-state index contributed by atoms with van der Waals surface area (Å²) in [5, 5.41) is 5.60. The summed E-state index contributed by atoms with van der Waals surface area (Å²) in [4.78, 5) is 9.09. The van der Waals surface area contributed by atoms with Crippen molar-refractivity contribution in [2.45, 2.75) is 13.0 Å². The summed E-state index contributed by atoms with van der Waals surface area (Å²) < 4.78 is 0. The molecular formula is C10H11ClN4S. The second kappa shape index (κ2) is 4.67. The number of halogens is 1. The molecule has 1 atom stereocenters. The molecule has 2 heterocycles. The quantitative estimate of drug-likeness (QED) is 0.827. The van der Waals surface area contributed by atoms with Crippen LogP contribution in [0.25, 0.3) is 0 Å². The predicted molar refractivity (Wildman–Crippen MR) is 67.8 cm³/mol. The van der Waals surface area contributed by atoms with Gasteiger partial charge in [0.15, 0.2) is 0 Å². The fourth-order valence-electron chi connectivity index (χ4n) is 1.34. The van der Waals surface area contributed by atoms with E-state index in [0.717, 1.165) is 0 Å². The number of hydrogen-bond donors (Lipinski definition) is 2. The van der Waals surface area contributed by atoms with Crippen LogP contribution in [-0.4, -0.2) is 9.97 Å². The molecule has 6 heteroatoms. The van der Waals surface area contributed by atoms with Gasteiger partial charge in [-0.15, -0.1) is 11.3 Å². The van der Waals surface area contributed by atoms with Crippen molar-refractivity contribution in [3.05, 3.63) is 33.6 Å². The number of nitrogens with two attached hydrogens (primary N) is 1. The Morgan fingerprint density at radius 2 is 2.31 bits per heavy atom. The molecule has 1 unspecified atom stereocenters. The van der Waals surface area contributed by atoms with Crippen LogP contribution in [0.5, 0.6) is 0 Å². The maximum Gasteiger partial charge on any atom is 0.223 e. The van der Waals surface area contributed by atoms with Crippen LogP contribution in [0.1, 0.15) is 17.8 Å². The number of anilines is 2. The Kier molecular flexibility index (Phi) is 3.26. The summed E-state index contributed by atoms with van der Waals surface area (Å²) in [5.41, 5.74) is 5.51. The maximum absolute atomic E-state index is 5.79. The zero-order valence-electron chi connectivity index (χ0n) is 8.64. The van der Waals surface area contributed by atoms with Crippen molar-refractivity contribution in [3.63, 3.8) is 0 Å². The van der Waals surface area contributed by atoms with E-state index < -0.39 is 0 Å². The monoisotopic (exact) mass is 254 g/mol. The minimum atomic E-state index is 0.172. The van der Waals surface area contributed by atoms with E-state index in [1.807, 2.05) is 11.4 Å². The minimum absolute atomic E-state index is 0.172. The minimum Gasteiger partial charge on any atom is -0.368 e. The smallest absolute Gasteiger partial charge is 0.223 e. The van der Waals surface area contributed by atoms with Gasteiger partial charge >= 0.3 is 0 Å². The van der Waals surface area contributed by atoms with Gasteiger partial charge in [-0.05, 0) is 18.4 Å². The average molecular weight is 255 g/mol. The van der Waals surface area contributed by atoms with Crippen LogP contribution < -0.4 is 11.1 Å². The first-order chi connectivity index (χ1) is 7.65. The number of aromatic nitrogens is 2.